The van der Waals surface area contributed by atoms with E-state index in [9.17, 15) is 0 Å². The normalized spacial score (nSPS) is 11.8. The summed E-state index contributed by atoms with van der Waals surface area (Å²) in [7, 11) is 0. The summed E-state index contributed by atoms with van der Waals surface area (Å²) in [6, 6.07) is 8.99. The Balaban J connectivity index is 2.51. The molecule has 0 aliphatic rings. The molecule has 2 N–H and O–H groups in total. The summed E-state index contributed by atoms with van der Waals surface area (Å²) in [6.07, 6.45) is 0. The largest absolute Gasteiger partial charge is 0.491 e. The van der Waals surface area contributed by atoms with E-state index in [0.717, 1.165) is 11.3 Å². The first-order valence-electron chi connectivity index (χ1n) is 4.07. The molecule has 3 nitrogen and oxygen atoms in total. The van der Waals surface area contributed by atoms with Crippen LogP contribution in [0.4, 0.5) is 0 Å². The molecule has 0 saturated heterocycles. The molecule has 0 radical (unpaired) electrons. The number of ether oxygens (including phenoxy) is 1. The third kappa shape index (κ3) is 3.14. The maximum atomic E-state index is 8.41. The molecule has 0 amide bonds. The van der Waals surface area contributed by atoms with Crippen molar-refractivity contribution in [2.45, 2.75) is 13.0 Å². The molecule has 0 fully saturated rings. The molecule has 1 atom stereocenters. The Morgan fingerprint density at radius 2 is 2.38 bits per heavy atom. The van der Waals surface area contributed by atoms with Crippen molar-refractivity contribution in [2.75, 3.05) is 6.61 Å². The predicted octanol–water partition coefficient (Wildman–Crippen LogP) is 1.22. The van der Waals surface area contributed by atoms with Crippen LogP contribution in [0.2, 0.25) is 0 Å². The Hall–Kier alpha value is -1.53. The summed E-state index contributed by atoms with van der Waals surface area (Å²) in [4.78, 5) is 0. The Labute approximate surface area is 77.7 Å². The van der Waals surface area contributed by atoms with Gasteiger partial charge in [0.2, 0.25) is 0 Å². The van der Waals surface area contributed by atoms with Crippen molar-refractivity contribution in [1.82, 2.24) is 0 Å². The highest BCUT2D eigenvalue weighted by molar-refractivity contribution is 5.27. The summed E-state index contributed by atoms with van der Waals surface area (Å²) in [5.41, 5.74) is 6.50. The van der Waals surface area contributed by atoms with Crippen LogP contribution in [0.25, 0.3) is 0 Å². The summed E-state index contributed by atoms with van der Waals surface area (Å²) in [5.74, 6) is 0.755. The molecule has 0 bridgehead atoms. The van der Waals surface area contributed by atoms with Gasteiger partial charge in [0.05, 0.1) is 6.07 Å². The van der Waals surface area contributed by atoms with Gasteiger partial charge in [-0.2, -0.15) is 5.26 Å². The summed E-state index contributed by atoms with van der Waals surface area (Å²) in [5, 5.41) is 8.41. The maximum absolute atomic E-state index is 8.41. The molecule has 0 aromatic heterocycles. The van der Waals surface area contributed by atoms with Gasteiger partial charge in [-0.05, 0) is 24.6 Å². The molecule has 1 aromatic rings. The number of nitriles is 1. The van der Waals surface area contributed by atoms with Gasteiger partial charge in [0.25, 0.3) is 0 Å². The van der Waals surface area contributed by atoms with Crippen molar-refractivity contribution in [3.8, 4) is 11.8 Å². The van der Waals surface area contributed by atoms with Crippen molar-refractivity contribution < 1.29 is 4.74 Å². The lowest BCUT2D eigenvalue weighted by atomic mass is 10.2. The van der Waals surface area contributed by atoms with Crippen LogP contribution in [0.15, 0.2) is 24.3 Å². The Kier molecular flexibility index (Phi) is 3.30. The van der Waals surface area contributed by atoms with Crippen molar-refractivity contribution in [1.29, 1.82) is 5.26 Å². The fraction of sp³-hybridized carbons (Fsp3) is 0.300. The molecule has 13 heavy (non-hydrogen) atoms. The first-order valence-corrected chi connectivity index (χ1v) is 4.07. The molecule has 0 heterocycles. The van der Waals surface area contributed by atoms with Crippen molar-refractivity contribution in [3.63, 3.8) is 0 Å². The highest BCUT2D eigenvalue weighted by atomic mass is 16.5. The number of aryl methyl sites for hydroxylation is 1. The van der Waals surface area contributed by atoms with Crippen molar-refractivity contribution >= 4 is 0 Å². The van der Waals surface area contributed by atoms with E-state index in [4.69, 9.17) is 15.7 Å². The van der Waals surface area contributed by atoms with Gasteiger partial charge in [0.15, 0.2) is 0 Å². The van der Waals surface area contributed by atoms with Gasteiger partial charge in [-0.25, -0.2) is 0 Å². The molecule has 68 valence electrons. The van der Waals surface area contributed by atoms with Gasteiger partial charge < -0.3 is 10.5 Å². The summed E-state index contributed by atoms with van der Waals surface area (Å²) >= 11 is 0. The number of hydrogen-bond donors (Lipinski definition) is 1. The van der Waals surface area contributed by atoms with E-state index >= 15 is 0 Å². The first-order chi connectivity index (χ1) is 6.22. The van der Waals surface area contributed by atoms with Crippen molar-refractivity contribution in [3.05, 3.63) is 29.8 Å². The average molecular weight is 176 g/mol. The lowest BCUT2D eigenvalue weighted by molar-refractivity contribution is 0.308. The van der Waals surface area contributed by atoms with Crippen LogP contribution in [0, 0.1) is 18.3 Å². The van der Waals surface area contributed by atoms with Crippen LogP contribution >= 0.6 is 0 Å². The number of nitrogens with zero attached hydrogens (tertiary/aromatic N) is 1. The first kappa shape index (κ1) is 9.56. The zero-order valence-corrected chi connectivity index (χ0v) is 7.53. The van der Waals surface area contributed by atoms with E-state index in [1.807, 2.05) is 37.3 Å². The van der Waals surface area contributed by atoms with Gasteiger partial charge in [-0.1, -0.05) is 12.1 Å². The van der Waals surface area contributed by atoms with E-state index < -0.39 is 6.04 Å². The third-order valence-corrected chi connectivity index (χ3v) is 1.58. The third-order valence-electron chi connectivity index (χ3n) is 1.58. The Morgan fingerprint density at radius 1 is 1.62 bits per heavy atom. The zero-order chi connectivity index (χ0) is 9.68. The lowest BCUT2D eigenvalue weighted by Crippen LogP contribution is -2.25. The van der Waals surface area contributed by atoms with Crippen LogP contribution in [0.1, 0.15) is 5.56 Å². The van der Waals surface area contributed by atoms with E-state index in [2.05, 4.69) is 0 Å². The number of nitrogens with two attached hydrogens (primary N) is 1. The van der Waals surface area contributed by atoms with E-state index in [-0.39, 0.29) is 6.61 Å². The summed E-state index contributed by atoms with van der Waals surface area (Å²) < 4.78 is 5.29. The van der Waals surface area contributed by atoms with E-state index in [1.165, 1.54) is 0 Å². The van der Waals surface area contributed by atoms with Crippen LogP contribution in [-0.4, -0.2) is 12.6 Å². The van der Waals surface area contributed by atoms with Gasteiger partial charge >= 0.3 is 0 Å². The second-order valence-electron chi connectivity index (χ2n) is 2.86. The fourth-order valence-corrected chi connectivity index (χ4v) is 0.928. The Bertz CT molecular complexity index is 317. The second-order valence-corrected chi connectivity index (χ2v) is 2.86. The zero-order valence-electron chi connectivity index (χ0n) is 7.53. The minimum atomic E-state index is -0.555. The molecule has 0 saturated carbocycles. The molecule has 3 heteroatoms. The molecule has 0 aliphatic heterocycles. The summed E-state index contributed by atoms with van der Waals surface area (Å²) in [6.45, 7) is 2.22. The molecule has 0 aliphatic carbocycles. The number of benzene rings is 1. The number of hydrogen-bond acceptors (Lipinski definition) is 3. The average Bonchev–Trinajstić information content (AvgIpc) is 2.14. The highest BCUT2D eigenvalue weighted by Crippen LogP contribution is 2.11. The molecular weight excluding hydrogens is 164 g/mol. The molecule has 1 rings (SSSR count). The lowest BCUT2D eigenvalue weighted by Gasteiger charge is -2.07. The highest BCUT2D eigenvalue weighted by Gasteiger charge is 2.00. The van der Waals surface area contributed by atoms with Gasteiger partial charge in [0, 0.05) is 0 Å². The monoisotopic (exact) mass is 176 g/mol. The van der Waals surface area contributed by atoms with Crippen molar-refractivity contribution in [2.24, 2.45) is 5.73 Å². The quantitative estimate of drug-likeness (QED) is 0.753. The fourth-order valence-electron chi connectivity index (χ4n) is 0.928. The predicted molar refractivity (Wildman–Crippen MR) is 50.3 cm³/mol. The Morgan fingerprint density at radius 3 is 3.00 bits per heavy atom. The van der Waals surface area contributed by atoms with Crippen LogP contribution < -0.4 is 10.5 Å². The molecular formula is C10H12N2O. The second kappa shape index (κ2) is 4.48. The van der Waals surface area contributed by atoms with Crippen LogP contribution in [-0.2, 0) is 0 Å². The molecule has 0 spiro atoms. The SMILES string of the molecule is Cc1cccc(OCC(N)C#N)c1. The van der Waals surface area contributed by atoms with Crippen LogP contribution in [0.5, 0.6) is 5.75 Å². The minimum absolute atomic E-state index is 0.236. The van der Waals surface area contributed by atoms with Gasteiger partial charge in [0.1, 0.15) is 18.4 Å². The van der Waals surface area contributed by atoms with E-state index in [1.54, 1.807) is 0 Å². The minimum Gasteiger partial charge on any atom is -0.491 e. The van der Waals surface area contributed by atoms with Crippen LogP contribution in [0.3, 0.4) is 0 Å². The van der Waals surface area contributed by atoms with E-state index in [0.29, 0.717) is 0 Å². The standard InChI is InChI=1S/C10H12N2O/c1-8-3-2-4-10(5-8)13-7-9(12)6-11/h2-5,9H,7,12H2,1H3. The van der Waals surface area contributed by atoms with Gasteiger partial charge in [-0.15, -0.1) is 0 Å². The van der Waals surface area contributed by atoms with Gasteiger partial charge in [-0.3, -0.25) is 0 Å². The molecule has 1 aromatic carbocycles. The maximum Gasteiger partial charge on any atom is 0.127 e. The topological polar surface area (TPSA) is 59.0 Å². The smallest absolute Gasteiger partial charge is 0.127 e. The molecule has 1 unspecified atom stereocenters. The number of rotatable bonds is 3.